The molecule has 0 radical (unpaired) electrons. The van der Waals surface area contributed by atoms with E-state index in [2.05, 4.69) is 26.9 Å². The molecule has 2 saturated heterocycles. The zero-order valence-electron chi connectivity index (χ0n) is 17.4. The molecule has 2 aromatic rings. The molecule has 0 bridgehead atoms. The summed E-state index contributed by atoms with van der Waals surface area (Å²) in [5, 5.41) is 9.81. The van der Waals surface area contributed by atoms with E-state index in [9.17, 15) is 9.90 Å². The van der Waals surface area contributed by atoms with Gasteiger partial charge in [-0.25, -0.2) is 4.98 Å². The van der Waals surface area contributed by atoms with Crippen LogP contribution in [0.3, 0.4) is 0 Å². The lowest BCUT2D eigenvalue weighted by Crippen LogP contribution is -2.50. The van der Waals surface area contributed by atoms with Crippen molar-refractivity contribution < 1.29 is 9.90 Å². The molecule has 6 heteroatoms. The number of pyridine rings is 2. The van der Waals surface area contributed by atoms with Crippen LogP contribution in [0.1, 0.15) is 44.9 Å². The van der Waals surface area contributed by atoms with Crippen molar-refractivity contribution in [2.24, 2.45) is 5.41 Å². The highest BCUT2D eigenvalue weighted by atomic mass is 16.3. The molecule has 0 unspecified atom stereocenters. The first kappa shape index (κ1) is 19.5. The molecule has 6 nitrogen and oxygen atoms in total. The zero-order chi connectivity index (χ0) is 20.6. The van der Waals surface area contributed by atoms with Crippen LogP contribution in [0, 0.1) is 5.41 Å². The first-order chi connectivity index (χ1) is 14.6. The maximum atomic E-state index is 13.5. The van der Waals surface area contributed by atoms with Gasteiger partial charge in [0.2, 0.25) is 5.91 Å². The molecule has 1 spiro atoms. The van der Waals surface area contributed by atoms with Crippen LogP contribution < -0.4 is 4.90 Å². The lowest BCUT2D eigenvalue weighted by Gasteiger charge is -2.41. The Labute approximate surface area is 177 Å². The van der Waals surface area contributed by atoms with Crippen molar-refractivity contribution in [3.05, 3.63) is 42.9 Å². The van der Waals surface area contributed by atoms with Gasteiger partial charge in [-0.2, -0.15) is 0 Å². The molecule has 1 saturated carbocycles. The smallest absolute Gasteiger partial charge is 0.230 e. The fraction of sp³-hybridized carbons (Fsp3) is 0.542. The first-order valence-corrected chi connectivity index (χ1v) is 11.3. The van der Waals surface area contributed by atoms with Gasteiger partial charge in [-0.1, -0.05) is 6.07 Å². The number of nitrogens with zero attached hydrogens (tertiary/aromatic N) is 4. The van der Waals surface area contributed by atoms with Gasteiger partial charge in [0.15, 0.2) is 0 Å². The molecule has 1 amide bonds. The van der Waals surface area contributed by atoms with E-state index in [-0.39, 0.29) is 11.5 Å². The summed E-state index contributed by atoms with van der Waals surface area (Å²) in [6, 6.07) is 8.45. The highest BCUT2D eigenvalue weighted by Gasteiger charge is 2.50. The van der Waals surface area contributed by atoms with E-state index in [1.165, 1.54) is 0 Å². The summed E-state index contributed by atoms with van der Waals surface area (Å²) < 4.78 is 0. The number of hydrogen-bond donors (Lipinski definition) is 1. The van der Waals surface area contributed by atoms with Crippen LogP contribution >= 0.6 is 0 Å². The number of amides is 1. The number of rotatable bonds is 3. The molecule has 2 aliphatic heterocycles. The summed E-state index contributed by atoms with van der Waals surface area (Å²) >= 11 is 0. The van der Waals surface area contributed by atoms with Crippen LogP contribution in [0.5, 0.6) is 0 Å². The van der Waals surface area contributed by atoms with E-state index in [0.717, 1.165) is 81.5 Å². The predicted octanol–water partition coefficient (Wildman–Crippen LogP) is 3.27. The van der Waals surface area contributed by atoms with Crippen molar-refractivity contribution in [2.75, 3.05) is 24.5 Å². The normalized spacial score (nSPS) is 29.6. The molecule has 0 aromatic carbocycles. The minimum Gasteiger partial charge on any atom is -0.393 e. The number of aliphatic hydroxyl groups excluding tert-OH is 1. The van der Waals surface area contributed by atoms with Crippen molar-refractivity contribution in [3.8, 4) is 11.1 Å². The van der Waals surface area contributed by atoms with E-state index < -0.39 is 0 Å². The minimum absolute atomic E-state index is 0.182. The highest BCUT2D eigenvalue weighted by Crippen LogP contribution is 2.43. The fourth-order valence-electron chi connectivity index (χ4n) is 5.55. The Balaban J connectivity index is 1.29. The fourth-order valence-corrected chi connectivity index (χ4v) is 5.55. The van der Waals surface area contributed by atoms with Crippen LogP contribution in [-0.4, -0.2) is 57.7 Å². The molecule has 5 rings (SSSR count). The van der Waals surface area contributed by atoms with Crippen LogP contribution in [0.4, 0.5) is 5.82 Å². The molecule has 30 heavy (non-hydrogen) atoms. The Bertz CT molecular complexity index is 880. The summed E-state index contributed by atoms with van der Waals surface area (Å²) in [4.78, 5) is 26.8. The number of carbonyl (C=O) groups is 1. The molecule has 158 valence electrons. The second-order valence-electron chi connectivity index (χ2n) is 9.16. The van der Waals surface area contributed by atoms with Gasteiger partial charge in [0, 0.05) is 55.4 Å². The number of carbonyl (C=O) groups excluding carboxylic acids is 1. The predicted molar refractivity (Wildman–Crippen MR) is 116 cm³/mol. The standard InChI is InChI=1S/C24H30N4O2/c29-21-7-5-20(6-8-21)28-14-11-24(23(28)30)10-2-13-27(17-24)22-9-4-19(16-26-22)18-3-1-12-25-15-18/h1,3-4,9,12,15-16,20-21,29H,2,5-8,10-11,13-14,17H2/t20-,21-,24-/m1/s1. The number of likely N-dealkylation sites (tertiary alicyclic amines) is 1. The van der Waals surface area contributed by atoms with E-state index >= 15 is 0 Å². The van der Waals surface area contributed by atoms with Crippen molar-refractivity contribution >= 4 is 11.7 Å². The number of aromatic nitrogens is 2. The average Bonchev–Trinajstić information content (AvgIpc) is 3.10. The van der Waals surface area contributed by atoms with Crippen molar-refractivity contribution in [1.29, 1.82) is 0 Å². The number of hydrogen-bond acceptors (Lipinski definition) is 5. The van der Waals surface area contributed by atoms with E-state index in [1.54, 1.807) is 6.20 Å². The third-order valence-corrected chi connectivity index (χ3v) is 7.30. The maximum absolute atomic E-state index is 13.5. The molecule has 3 aliphatic rings. The van der Waals surface area contributed by atoms with E-state index in [1.807, 2.05) is 24.5 Å². The topological polar surface area (TPSA) is 69.6 Å². The molecule has 4 heterocycles. The van der Waals surface area contributed by atoms with Crippen LogP contribution in [0.2, 0.25) is 0 Å². The summed E-state index contributed by atoms with van der Waals surface area (Å²) in [6.45, 7) is 2.57. The SMILES string of the molecule is O=C1N([C@H]2CC[C@H](O)CC2)CC[C@@]12CCCN(c1ccc(-c3cccnc3)cn1)C2. The molecule has 2 aromatic heterocycles. The minimum atomic E-state index is -0.266. The van der Waals surface area contributed by atoms with Crippen LogP contribution in [0.15, 0.2) is 42.9 Å². The third-order valence-electron chi connectivity index (χ3n) is 7.30. The number of aliphatic hydroxyl groups is 1. The highest BCUT2D eigenvalue weighted by molar-refractivity contribution is 5.86. The molecule has 1 N–H and O–H groups in total. The Morgan fingerprint density at radius 1 is 1.00 bits per heavy atom. The summed E-state index contributed by atoms with van der Waals surface area (Å²) in [7, 11) is 0. The Morgan fingerprint density at radius 2 is 1.83 bits per heavy atom. The molecule has 1 atom stereocenters. The van der Waals surface area contributed by atoms with Gasteiger partial charge in [-0.3, -0.25) is 9.78 Å². The largest absolute Gasteiger partial charge is 0.393 e. The first-order valence-electron chi connectivity index (χ1n) is 11.3. The van der Waals surface area contributed by atoms with Gasteiger partial charge in [0.1, 0.15) is 5.82 Å². The van der Waals surface area contributed by atoms with Crippen molar-refractivity contribution in [3.63, 3.8) is 0 Å². The van der Waals surface area contributed by atoms with Crippen LogP contribution in [0.25, 0.3) is 11.1 Å². The quantitative estimate of drug-likeness (QED) is 0.847. The van der Waals surface area contributed by atoms with Gasteiger partial charge in [-0.15, -0.1) is 0 Å². The van der Waals surface area contributed by atoms with E-state index in [4.69, 9.17) is 4.98 Å². The van der Waals surface area contributed by atoms with E-state index in [0.29, 0.717) is 11.9 Å². The van der Waals surface area contributed by atoms with Gasteiger partial charge in [-0.05, 0) is 63.1 Å². The van der Waals surface area contributed by atoms with Gasteiger partial charge in [0.05, 0.1) is 11.5 Å². The maximum Gasteiger partial charge on any atom is 0.230 e. The molecule has 3 fully saturated rings. The van der Waals surface area contributed by atoms with Gasteiger partial charge in [0.25, 0.3) is 0 Å². The second-order valence-corrected chi connectivity index (χ2v) is 9.16. The Kier molecular flexibility index (Phi) is 5.19. The summed E-state index contributed by atoms with van der Waals surface area (Å²) in [6.07, 6.45) is 11.8. The molecular weight excluding hydrogens is 376 g/mol. The van der Waals surface area contributed by atoms with Gasteiger partial charge < -0.3 is 14.9 Å². The lowest BCUT2D eigenvalue weighted by atomic mass is 9.78. The second kappa shape index (κ2) is 7.99. The third kappa shape index (κ3) is 3.58. The number of anilines is 1. The molecular formula is C24H30N4O2. The average molecular weight is 407 g/mol. The zero-order valence-corrected chi connectivity index (χ0v) is 17.4. The Hall–Kier alpha value is -2.47. The molecule has 1 aliphatic carbocycles. The summed E-state index contributed by atoms with van der Waals surface area (Å²) in [5.41, 5.74) is 1.85. The summed E-state index contributed by atoms with van der Waals surface area (Å²) in [5.74, 6) is 1.29. The lowest BCUT2D eigenvalue weighted by molar-refractivity contribution is -0.139. The van der Waals surface area contributed by atoms with Crippen molar-refractivity contribution in [1.82, 2.24) is 14.9 Å². The Morgan fingerprint density at radius 3 is 2.57 bits per heavy atom. The van der Waals surface area contributed by atoms with Gasteiger partial charge >= 0.3 is 0 Å². The van der Waals surface area contributed by atoms with Crippen LogP contribution in [-0.2, 0) is 4.79 Å². The van der Waals surface area contributed by atoms with Crippen molar-refractivity contribution in [2.45, 2.75) is 57.1 Å². The number of piperidine rings is 1. The monoisotopic (exact) mass is 406 g/mol.